The van der Waals surface area contributed by atoms with Crippen molar-refractivity contribution < 1.29 is 23.2 Å². The first-order chi connectivity index (χ1) is 14.7. The number of benzene rings is 1. The van der Waals surface area contributed by atoms with Crippen molar-refractivity contribution in [1.29, 1.82) is 0 Å². The highest BCUT2D eigenvalue weighted by Gasteiger charge is 2.39. The number of aliphatic hydroxyl groups is 1. The largest absolute Gasteiger partial charge is 0.383 e. The van der Waals surface area contributed by atoms with Crippen molar-refractivity contribution >= 4 is 28.7 Å². The zero-order valence-corrected chi connectivity index (χ0v) is 16.7. The molecule has 1 aliphatic carbocycles. The smallest absolute Gasteiger partial charge is 0.317 e. The molecule has 0 amide bonds. The van der Waals surface area contributed by atoms with Gasteiger partial charge in [0.2, 0.25) is 5.95 Å². The van der Waals surface area contributed by atoms with Gasteiger partial charge in [-0.2, -0.15) is 8.78 Å². The molecule has 12 heteroatoms. The van der Waals surface area contributed by atoms with Crippen LogP contribution < -0.4 is 5.32 Å². The summed E-state index contributed by atoms with van der Waals surface area (Å²) in [5.41, 5.74) is -1.38. The molecule has 1 fully saturated rings. The number of halogens is 3. The Kier molecular flexibility index (Phi) is 5.35. The summed E-state index contributed by atoms with van der Waals surface area (Å²) >= 11 is 1.23. The number of alkyl halides is 3. The number of nitrogens with zero attached hydrogens (tertiary/aromatic N) is 4. The molecule has 0 radical (unpaired) electrons. The molecule has 1 aliphatic rings. The highest BCUT2D eigenvalue weighted by molar-refractivity contribution is 7.15. The molecule has 0 unspecified atom stereocenters. The zero-order chi connectivity index (χ0) is 22.2. The van der Waals surface area contributed by atoms with Crippen molar-refractivity contribution in [1.82, 2.24) is 15.0 Å². The second-order valence-electron chi connectivity index (χ2n) is 7.17. The summed E-state index contributed by atoms with van der Waals surface area (Å²) in [5, 5.41) is 25.1. The van der Waals surface area contributed by atoms with E-state index in [2.05, 4.69) is 20.3 Å². The number of nitro benzene ring substituents is 1. The molecule has 0 saturated heterocycles. The Morgan fingerprint density at radius 2 is 2.06 bits per heavy atom. The number of nitrogens with one attached hydrogen (secondary N) is 1. The van der Waals surface area contributed by atoms with Crippen molar-refractivity contribution in [2.75, 3.05) is 12.0 Å². The summed E-state index contributed by atoms with van der Waals surface area (Å²) in [6.45, 7) is -1.91. The van der Waals surface area contributed by atoms with Crippen molar-refractivity contribution in [3.8, 4) is 10.4 Å². The summed E-state index contributed by atoms with van der Waals surface area (Å²) in [6, 6.07) is 5.00. The Balaban J connectivity index is 1.67. The fourth-order valence-electron chi connectivity index (χ4n) is 3.10. The second-order valence-corrected chi connectivity index (χ2v) is 8.20. The van der Waals surface area contributed by atoms with Crippen LogP contribution in [0, 0.1) is 10.1 Å². The van der Waals surface area contributed by atoms with Crippen LogP contribution in [-0.4, -0.2) is 31.7 Å². The van der Waals surface area contributed by atoms with E-state index in [0.717, 1.165) is 18.7 Å². The van der Waals surface area contributed by atoms with Gasteiger partial charge in [-0.15, -0.1) is 11.3 Å². The van der Waals surface area contributed by atoms with Crippen molar-refractivity contribution in [3.63, 3.8) is 0 Å². The highest BCUT2D eigenvalue weighted by Crippen LogP contribution is 2.44. The fraction of sp³-hybridized carbons (Fsp3) is 0.316. The molecule has 8 nitrogen and oxygen atoms in total. The Labute approximate surface area is 178 Å². The third-order valence-electron chi connectivity index (χ3n) is 4.95. The van der Waals surface area contributed by atoms with E-state index in [4.69, 9.17) is 0 Å². The SMILES string of the molecule is O=[N+]([O-])c1cc(Nc2nccc(C(F)(F)CF)n2)cc(-c2cnc(C3(O)CCC3)s2)c1. The molecular formula is C19H16F3N5O3S. The first-order valence-electron chi connectivity index (χ1n) is 9.23. The number of non-ortho nitro benzene ring substituents is 1. The van der Waals surface area contributed by atoms with Gasteiger partial charge in [0.15, 0.2) is 6.67 Å². The zero-order valence-electron chi connectivity index (χ0n) is 15.9. The van der Waals surface area contributed by atoms with Crippen molar-refractivity contribution in [3.05, 3.63) is 57.5 Å². The van der Waals surface area contributed by atoms with Crippen LogP contribution in [0.15, 0.2) is 36.7 Å². The summed E-state index contributed by atoms with van der Waals surface area (Å²) in [4.78, 5) is 23.1. The Morgan fingerprint density at radius 1 is 1.29 bits per heavy atom. The van der Waals surface area contributed by atoms with E-state index in [9.17, 15) is 28.4 Å². The lowest BCUT2D eigenvalue weighted by Gasteiger charge is -2.34. The molecule has 4 rings (SSSR count). The number of anilines is 2. The van der Waals surface area contributed by atoms with Crippen molar-refractivity contribution in [2.24, 2.45) is 0 Å². The number of rotatable bonds is 7. The first-order valence-corrected chi connectivity index (χ1v) is 10.0. The minimum Gasteiger partial charge on any atom is -0.383 e. The first kappa shape index (κ1) is 21.1. The maximum absolute atomic E-state index is 13.6. The topological polar surface area (TPSA) is 114 Å². The van der Waals surface area contributed by atoms with Crippen LogP contribution in [-0.2, 0) is 11.5 Å². The number of nitro groups is 1. The van der Waals surface area contributed by atoms with E-state index in [0.29, 0.717) is 28.3 Å². The molecule has 0 bridgehead atoms. The highest BCUT2D eigenvalue weighted by atomic mass is 32.1. The lowest BCUT2D eigenvalue weighted by Crippen LogP contribution is -2.33. The average molecular weight is 451 g/mol. The van der Waals surface area contributed by atoms with Gasteiger partial charge < -0.3 is 10.4 Å². The third-order valence-corrected chi connectivity index (χ3v) is 6.19. The monoisotopic (exact) mass is 451 g/mol. The summed E-state index contributed by atoms with van der Waals surface area (Å²) < 4.78 is 39.8. The van der Waals surface area contributed by atoms with E-state index in [1.807, 2.05) is 0 Å². The Bertz CT molecular complexity index is 1140. The van der Waals surface area contributed by atoms with Crippen LogP contribution in [0.25, 0.3) is 10.4 Å². The molecule has 1 saturated carbocycles. The average Bonchev–Trinajstić information content (AvgIpc) is 3.22. The van der Waals surface area contributed by atoms with Gasteiger partial charge in [-0.25, -0.2) is 19.3 Å². The van der Waals surface area contributed by atoms with E-state index in [-0.39, 0.29) is 17.3 Å². The Morgan fingerprint density at radius 3 is 2.71 bits per heavy atom. The Hall–Kier alpha value is -3.12. The maximum Gasteiger partial charge on any atom is 0.317 e. The molecule has 162 valence electrons. The predicted molar refractivity (Wildman–Crippen MR) is 107 cm³/mol. The summed E-state index contributed by atoms with van der Waals surface area (Å²) in [6.07, 6.45) is 4.69. The van der Waals surface area contributed by atoms with Gasteiger partial charge in [0.1, 0.15) is 16.3 Å². The summed E-state index contributed by atoms with van der Waals surface area (Å²) in [7, 11) is 0. The van der Waals surface area contributed by atoms with Gasteiger partial charge in [0.05, 0.1) is 9.80 Å². The summed E-state index contributed by atoms with van der Waals surface area (Å²) in [5.74, 6) is -4.03. The molecular weight excluding hydrogens is 435 g/mol. The van der Waals surface area contributed by atoms with Crippen LogP contribution in [0.4, 0.5) is 30.5 Å². The predicted octanol–water partition coefficient (Wildman–Crippen LogP) is 4.68. The molecule has 0 spiro atoms. The van der Waals surface area contributed by atoms with Crippen LogP contribution in [0.3, 0.4) is 0 Å². The quantitative estimate of drug-likeness (QED) is 0.396. The molecule has 0 aliphatic heterocycles. The molecule has 2 heterocycles. The van der Waals surface area contributed by atoms with Gasteiger partial charge in [-0.1, -0.05) is 0 Å². The normalized spacial score (nSPS) is 15.4. The van der Waals surface area contributed by atoms with Crippen LogP contribution >= 0.6 is 11.3 Å². The molecule has 2 N–H and O–H groups in total. The lowest BCUT2D eigenvalue weighted by molar-refractivity contribution is -0.384. The van der Waals surface area contributed by atoms with Gasteiger partial charge in [0, 0.05) is 35.8 Å². The van der Waals surface area contributed by atoms with Crippen LogP contribution in [0.2, 0.25) is 0 Å². The number of thiazole rings is 1. The van der Waals surface area contributed by atoms with E-state index in [1.54, 1.807) is 6.07 Å². The molecule has 2 aromatic heterocycles. The number of hydrogen-bond donors (Lipinski definition) is 2. The molecule has 31 heavy (non-hydrogen) atoms. The van der Waals surface area contributed by atoms with E-state index < -0.39 is 28.8 Å². The van der Waals surface area contributed by atoms with E-state index in [1.165, 1.54) is 29.7 Å². The van der Waals surface area contributed by atoms with E-state index >= 15 is 0 Å². The number of aromatic nitrogens is 3. The van der Waals surface area contributed by atoms with Crippen LogP contribution in [0.1, 0.15) is 30.0 Å². The lowest BCUT2D eigenvalue weighted by atomic mass is 9.81. The van der Waals surface area contributed by atoms with Gasteiger partial charge in [-0.3, -0.25) is 10.1 Å². The standard InChI is InChI=1S/C19H16F3N5O3S/c20-10-19(21,22)15-2-5-23-17(26-15)25-12-6-11(7-13(8-12)27(29)30)14-9-24-16(31-14)18(28)3-1-4-18/h2,5-9,28H,1,3-4,10H2,(H,23,25,26). The van der Waals surface area contributed by atoms with Gasteiger partial charge in [0.25, 0.3) is 5.69 Å². The minimum atomic E-state index is -3.77. The second kappa shape index (κ2) is 7.85. The number of hydrogen-bond acceptors (Lipinski definition) is 8. The van der Waals surface area contributed by atoms with Crippen molar-refractivity contribution in [2.45, 2.75) is 30.8 Å². The maximum atomic E-state index is 13.6. The third kappa shape index (κ3) is 4.21. The van der Waals surface area contributed by atoms with Gasteiger partial charge in [-0.05, 0) is 31.4 Å². The molecule has 3 aromatic rings. The molecule has 0 atom stereocenters. The fourth-order valence-corrected chi connectivity index (χ4v) is 4.15. The molecule has 1 aromatic carbocycles. The van der Waals surface area contributed by atoms with Gasteiger partial charge >= 0.3 is 5.92 Å². The van der Waals surface area contributed by atoms with Crippen LogP contribution in [0.5, 0.6) is 0 Å². The minimum absolute atomic E-state index is 0.183.